The van der Waals surface area contributed by atoms with E-state index < -0.39 is 10.0 Å². The van der Waals surface area contributed by atoms with E-state index in [-0.39, 0.29) is 28.1 Å². The first-order chi connectivity index (χ1) is 11.2. The molecular weight excluding hydrogens is 350 g/mol. The summed E-state index contributed by atoms with van der Waals surface area (Å²) in [4.78, 5) is 23.6. The molecule has 7 nitrogen and oxygen atoms in total. The first-order valence-electron chi connectivity index (χ1n) is 7.25. The Bertz CT molecular complexity index is 899. The maximum Gasteiger partial charge on any atom is 0.307 e. The number of thiazole rings is 1. The summed E-state index contributed by atoms with van der Waals surface area (Å²) in [7, 11) is -3.79. The molecule has 0 radical (unpaired) electrons. The van der Waals surface area contributed by atoms with E-state index in [2.05, 4.69) is 5.32 Å². The van der Waals surface area contributed by atoms with Gasteiger partial charge in [-0.1, -0.05) is 23.5 Å². The Hall–Kier alpha value is -1.97. The second-order valence-corrected chi connectivity index (χ2v) is 7.83. The Morgan fingerprint density at radius 1 is 1.42 bits per heavy atom. The third-order valence-electron chi connectivity index (χ3n) is 3.60. The van der Waals surface area contributed by atoms with Crippen LogP contribution in [-0.2, 0) is 21.4 Å². The van der Waals surface area contributed by atoms with Gasteiger partial charge in [-0.05, 0) is 31.5 Å². The summed E-state index contributed by atoms with van der Waals surface area (Å²) >= 11 is 1.10. The molecule has 24 heavy (non-hydrogen) atoms. The fraction of sp³-hybridized carbons (Fsp3) is 0.333. The molecule has 0 unspecified atom stereocenters. The average Bonchev–Trinajstić information content (AvgIpc) is 2.83. The van der Waals surface area contributed by atoms with Crippen LogP contribution in [0.25, 0.3) is 0 Å². The summed E-state index contributed by atoms with van der Waals surface area (Å²) in [6, 6.07) is 5.76. The van der Waals surface area contributed by atoms with Crippen LogP contribution in [-0.4, -0.2) is 18.9 Å². The van der Waals surface area contributed by atoms with Crippen molar-refractivity contribution >= 4 is 27.3 Å². The van der Waals surface area contributed by atoms with Crippen molar-refractivity contribution < 1.29 is 13.2 Å². The molecule has 130 valence electrons. The molecule has 3 N–H and O–H groups in total. The molecule has 0 spiro atoms. The summed E-state index contributed by atoms with van der Waals surface area (Å²) in [5, 5.41) is 9.65. The zero-order chi connectivity index (χ0) is 17.9. The van der Waals surface area contributed by atoms with Gasteiger partial charge in [-0.15, -0.1) is 0 Å². The predicted octanol–water partition coefficient (Wildman–Crippen LogP) is 1.13. The number of nitrogens with zero attached hydrogens (tertiary/aromatic N) is 1. The van der Waals surface area contributed by atoms with Gasteiger partial charge in [0.15, 0.2) is 0 Å². The number of sulfonamides is 1. The third kappa shape index (κ3) is 4.53. The highest BCUT2D eigenvalue weighted by molar-refractivity contribution is 7.89. The van der Waals surface area contributed by atoms with Gasteiger partial charge in [-0.25, -0.2) is 13.6 Å². The van der Waals surface area contributed by atoms with Crippen molar-refractivity contribution in [3.8, 4) is 0 Å². The zero-order valence-corrected chi connectivity index (χ0v) is 15.0. The normalized spacial score (nSPS) is 12.8. The number of hydrogen-bond donors (Lipinski definition) is 2. The van der Waals surface area contributed by atoms with Gasteiger partial charge in [0.2, 0.25) is 15.9 Å². The Balaban J connectivity index is 2.00. The van der Waals surface area contributed by atoms with Gasteiger partial charge in [0.1, 0.15) is 0 Å². The van der Waals surface area contributed by atoms with Crippen LogP contribution < -0.4 is 15.3 Å². The number of nitrogens with one attached hydrogen (secondary N) is 1. The quantitative estimate of drug-likeness (QED) is 0.795. The number of carbonyl (C=O) groups excluding carboxylic acids is 1. The van der Waals surface area contributed by atoms with Gasteiger partial charge in [-0.2, -0.15) is 0 Å². The van der Waals surface area contributed by atoms with Crippen molar-refractivity contribution in [2.75, 3.05) is 0 Å². The maximum absolute atomic E-state index is 12.1. The number of aromatic nitrogens is 1. The van der Waals surface area contributed by atoms with Crippen molar-refractivity contribution in [3.63, 3.8) is 0 Å². The topological polar surface area (TPSA) is 111 Å². The van der Waals surface area contributed by atoms with Crippen molar-refractivity contribution in [2.45, 2.75) is 37.8 Å². The highest BCUT2D eigenvalue weighted by Gasteiger charge is 2.14. The molecule has 1 atom stereocenters. The van der Waals surface area contributed by atoms with Crippen molar-refractivity contribution in [2.24, 2.45) is 5.14 Å². The molecule has 2 aromatic rings. The van der Waals surface area contributed by atoms with Crippen LogP contribution in [0.1, 0.15) is 30.6 Å². The Kier molecular flexibility index (Phi) is 5.58. The zero-order valence-electron chi connectivity index (χ0n) is 13.4. The van der Waals surface area contributed by atoms with Gasteiger partial charge in [0, 0.05) is 24.0 Å². The lowest BCUT2D eigenvalue weighted by molar-refractivity contribution is -0.121. The van der Waals surface area contributed by atoms with E-state index in [4.69, 9.17) is 5.14 Å². The molecular formula is C15H19N3O4S2. The van der Waals surface area contributed by atoms with Crippen molar-refractivity contribution in [1.29, 1.82) is 0 Å². The van der Waals surface area contributed by atoms with E-state index >= 15 is 0 Å². The predicted molar refractivity (Wildman–Crippen MR) is 92.3 cm³/mol. The van der Waals surface area contributed by atoms with Gasteiger partial charge in [-0.3, -0.25) is 9.59 Å². The minimum atomic E-state index is -3.79. The van der Waals surface area contributed by atoms with Crippen LogP contribution in [0.5, 0.6) is 0 Å². The fourth-order valence-electron chi connectivity index (χ4n) is 2.25. The van der Waals surface area contributed by atoms with E-state index in [9.17, 15) is 18.0 Å². The molecule has 0 aliphatic rings. The average molecular weight is 369 g/mol. The van der Waals surface area contributed by atoms with Crippen LogP contribution >= 0.6 is 11.3 Å². The monoisotopic (exact) mass is 369 g/mol. The van der Waals surface area contributed by atoms with Crippen LogP contribution in [0.2, 0.25) is 0 Å². The third-order valence-corrected chi connectivity index (χ3v) is 5.40. The number of nitrogens with two attached hydrogens (primary N) is 1. The standard InChI is InChI=1S/C15H19N3O4S2/c1-10-9-23-15(20)18(10)7-6-14(19)17-11(2)12-4-3-5-13(8-12)24(16,21)22/h3-5,8-9,11H,6-7H2,1-2H3,(H,17,19)(H2,16,21,22)/t11-/m0/s1. The number of primary sulfonamides is 1. The van der Waals surface area contributed by atoms with Crippen LogP contribution in [0.15, 0.2) is 39.3 Å². The molecule has 1 aromatic carbocycles. The van der Waals surface area contributed by atoms with Gasteiger partial charge in [0.05, 0.1) is 10.9 Å². The molecule has 0 aliphatic carbocycles. The highest BCUT2D eigenvalue weighted by atomic mass is 32.2. The Labute approximate surface area is 144 Å². The molecule has 1 heterocycles. The first kappa shape index (κ1) is 18.4. The van der Waals surface area contributed by atoms with E-state index in [0.29, 0.717) is 12.1 Å². The molecule has 0 aliphatic heterocycles. The van der Waals surface area contributed by atoms with Crippen LogP contribution in [0, 0.1) is 6.92 Å². The van der Waals surface area contributed by atoms with E-state index in [1.54, 1.807) is 29.0 Å². The molecule has 0 saturated heterocycles. The highest BCUT2D eigenvalue weighted by Crippen LogP contribution is 2.16. The molecule has 2 rings (SSSR count). The second-order valence-electron chi connectivity index (χ2n) is 5.45. The number of benzene rings is 1. The number of amides is 1. The maximum atomic E-state index is 12.1. The minimum Gasteiger partial charge on any atom is -0.350 e. The largest absolute Gasteiger partial charge is 0.350 e. The lowest BCUT2D eigenvalue weighted by atomic mass is 10.1. The van der Waals surface area contributed by atoms with E-state index in [0.717, 1.165) is 17.0 Å². The number of aryl methyl sites for hydroxylation is 1. The van der Waals surface area contributed by atoms with Crippen molar-refractivity contribution in [1.82, 2.24) is 9.88 Å². The van der Waals surface area contributed by atoms with Crippen LogP contribution in [0.3, 0.4) is 0 Å². The lowest BCUT2D eigenvalue weighted by Gasteiger charge is -2.15. The van der Waals surface area contributed by atoms with E-state index in [1.165, 1.54) is 12.1 Å². The number of rotatable bonds is 6. The summed E-state index contributed by atoms with van der Waals surface area (Å²) in [6.45, 7) is 3.88. The SMILES string of the molecule is Cc1csc(=O)n1CCC(=O)N[C@@H](C)c1cccc(S(N)(=O)=O)c1. The number of hydrogen-bond acceptors (Lipinski definition) is 5. The van der Waals surface area contributed by atoms with Gasteiger partial charge < -0.3 is 9.88 Å². The molecule has 0 fully saturated rings. The lowest BCUT2D eigenvalue weighted by Crippen LogP contribution is -2.29. The fourth-order valence-corrected chi connectivity index (χ4v) is 3.58. The second kappa shape index (κ2) is 7.29. The van der Waals surface area contributed by atoms with Crippen molar-refractivity contribution in [3.05, 3.63) is 50.6 Å². The first-order valence-corrected chi connectivity index (χ1v) is 9.68. The van der Waals surface area contributed by atoms with Gasteiger partial charge in [0.25, 0.3) is 0 Å². The Morgan fingerprint density at radius 2 is 2.12 bits per heavy atom. The molecule has 0 saturated carbocycles. The summed E-state index contributed by atoms with van der Waals surface area (Å²) in [5.41, 5.74) is 1.46. The summed E-state index contributed by atoms with van der Waals surface area (Å²) in [5.74, 6) is -0.221. The molecule has 1 aromatic heterocycles. The molecule has 9 heteroatoms. The smallest absolute Gasteiger partial charge is 0.307 e. The number of carbonyl (C=O) groups is 1. The van der Waals surface area contributed by atoms with E-state index in [1.807, 2.05) is 6.92 Å². The molecule has 0 bridgehead atoms. The minimum absolute atomic E-state index is 0.00143. The molecule has 1 amide bonds. The summed E-state index contributed by atoms with van der Waals surface area (Å²) in [6.07, 6.45) is 0.163. The Morgan fingerprint density at radius 3 is 2.71 bits per heavy atom. The summed E-state index contributed by atoms with van der Waals surface area (Å²) < 4.78 is 24.3. The van der Waals surface area contributed by atoms with Crippen LogP contribution in [0.4, 0.5) is 0 Å². The van der Waals surface area contributed by atoms with Gasteiger partial charge >= 0.3 is 4.87 Å².